The van der Waals surface area contributed by atoms with Crippen LogP contribution in [0.3, 0.4) is 0 Å². The molecule has 6 heteroatoms. The molecule has 1 unspecified atom stereocenters. The van der Waals surface area contributed by atoms with Gasteiger partial charge in [-0.15, -0.1) is 0 Å². The number of para-hydroxylation sites is 1. The highest BCUT2D eigenvalue weighted by molar-refractivity contribution is 6.33. The number of rotatable bonds is 7. The topological polar surface area (TPSA) is 46.6 Å². The van der Waals surface area contributed by atoms with Crippen molar-refractivity contribution in [1.29, 1.82) is 0 Å². The molecule has 148 valence electrons. The van der Waals surface area contributed by atoms with E-state index in [1.165, 1.54) is 0 Å². The first-order valence-electron chi connectivity index (χ1n) is 9.39. The van der Waals surface area contributed by atoms with Gasteiger partial charge in [0, 0.05) is 30.2 Å². The summed E-state index contributed by atoms with van der Waals surface area (Å²) in [4.78, 5) is 4.23. The molecule has 2 heterocycles. The van der Waals surface area contributed by atoms with Gasteiger partial charge in [-0.25, -0.2) is 5.43 Å². The summed E-state index contributed by atoms with van der Waals surface area (Å²) in [5.74, 6) is 1.53. The highest BCUT2D eigenvalue weighted by atomic mass is 35.5. The molecule has 0 spiro atoms. The molecule has 1 aromatic heterocycles. The summed E-state index contributed by atoms with van der Waals surface area (Å²) < 4.78 is 11.3. The summed E-state index contributed by atoms with van der Waals surface area (Å²) in [6, 6.07) is 19.5. The summed E-state index contributed by atoms with van der Waals surface area (Å²) in [6.45, 7) is 0.450. The molecule has 0 saturated heterocycles. The van der Waals surface area contributed by atoms with Gasteiger partial charge in [-0.2, -0.15) is 0 Å². The van der Waals surface area contributed by atoms with Gasteiger partial charge in [0.1, 0.15) is 18.1 Å². The number of hydrazine groups is 1. The third-order valence-electron chi connectivity index (χ3n) is 4.76. The lowest BCUT2D eigenvalue weighted by atomic mass is 10.0. The van der Waals surface area contributed by atoms with Crippen molar-refractivity contribution >= 4 is 17.3 Å². The van der Waals surface area contributed by atoms with Crippen LogP contribution in [0.25, 0.3) is 0 Å². The van der Waals surface area contributed by atoms with Gasteiger partial charge >= 0.3 is 0 Å². The van der Waals surface area contributed by atoms with E-state index >= 15 is 0 Å². The molecule has 0 saturated carbocycles. The molecule has 1 N–H and O–H groups in total. The van der Waals surface area contributed by atoms with E-state index in [0.717, 1.165) is 34.7 Å². The predicted octanol–water partition coefficient (Wildman–Crippen LogP) is 4.64. The van der Waals surface area contributed by atoms with Crippen LogP contribution in [0, 0.1) is 0 Å². The van der Waals surface area contributed by atoms with Gasteiger partial charge in [0.15, 0.2) is 0 Å². The van der Waals surface area contributed by atoms with E-state index < -0.39 is 0 Å². The normalized spacial score (nSPS) is 15.9. The number of methoxy groups -OCH3 is 1. The van der Waals surface area contributed by atoms with Crippen molar-refractivity contribution in [3.05, 3.63) is 95.4 Å². The van der Waals surface area contributed by atoms with E-state index in [1.54, 1.807) is 13.3 Å². The Kier molecular flexibility index (Phi) is 5.98. The fourth-order valence-electron chi connectivity index (χ4n) is 3.26. The zero-order chi connectivity index (χ0) is 20.1. The number of benzene rings is 2. The van der Waals surface area contributed by atoms with Crippen LogP contribution in [0.4, 0.5) is 5.69 Å². The minimum atomic E-state index is 0.0704. The largest absolute Gasteiger partial charge is 0.497 e. The lowest BCUT2D eigenvalue weighted by Gasteiger charge is -2.21. The number of nitrogens with zero attached hydrogens (tertiary/aromatic N) is 2. The van der Waals surface area contributed by atoms with Crippen LogP contribution in [0.5, 0.6) is 11.5 Å². The maximum absolute atomic E-state index is 6.40. The van der Waals surface area contributed by atoms with Crippen molar-refractivity contribution in [2.24, 2.45) is 0 Å². The highest BCUT2D eigenvalue weighted by Crippen LogP contribution is 2.29. The van der Waals surface area contributed by atoms with E-state index in [1.807, 2.05) is 65.8 Å². The summed E-state index contributed by atoms with van der Waals surface area (Å²) in [5, 5.41) is 2.65. The van der Waals surface area contributed by atoms with Crippen molar-refractivity contribution in [2.45, 2.75) is 12.5 Å². The molecule has 2 aromatic carbocycles. The Hall–Kier alpha value is -3.02. The van der Waals surface area contributed by atoms with Crippen molar-refractivity contribution in [2.75, 3.05) is 18.7 Å². The average Bonchev–Trinajstić information content (AvgIpc) is 3.16. The van der Waals surface area contributed by atoms with Crippen molar-refractivity contribution in [1.82, 2.24) is 10.4 Å². The van der Waals surface area contributed by atoms with E-state index in [2.05, 4.69) is 22.7 Å². The second-order valence-electron chi connectivity index (χ2n) is 6.74. The van der Waals surface area contributed by atoms with Gasteiger partial charge in [0.25, 0.3) is 0 Å². The van der Waals surface area contributed by atoms with E-state index in [4.69, 9.17) is 21.1 Å². The molecule has 0 aliphatic carbocycles. The molecule has 1 atom stereocenters. The second kappa shape index (κ2) is 8.99. The Morgan fingerprint density at radius 2 is 1.93 bits per heavy atom. The number of hydrogen-bond acceptors (Lipinski definition) is 5. The van der Waals surface area contributed by atoms with Gasteiger partial charge < -0.3 is 9.47 Å². The molecule has 0 amide bonds. The molecule has 4 rings (SSSR count). The number of pyridine rings is 1. The molecule has 5 nitrogen and oxygen atoms in total. The van der Waals surface area contributed by atoms with Gasteiger partial charge in [0.2, 0.25) is 0 Å². The maximum Gasteiger partial charge on any atom is 0.123 e. The summed E-state index contributed by atoms with van der Waals surface area (Å²) in [7, 11) is 1.65. The van der Waals surface area contributed by atoms with Crippen LogP contribution in [0.2, 0.25) is 5.02 Å². The quantitative estimate of drug-likeness (QED) is 0.618. The third kappa shape index (κ3) is 4.70. The Morgan fingerprint density at radius 3 is 2.72 bits per heavy atom. The fourth-order valence-corrected chi connectivity index (χ4v) is 3.48. The number of halogens is 1. The summed E-state index contributed by atoms with van der Waals surface area (Å²) in [6.07, 6.45) is 6.52. The van der Waals surface area contributed by atoms with Gasteiger partial charge in [-0.3, -0.25) is 9.99 Å². The molecule has 29 heavy (non-hydrogen) atoms. The van der Waals surface area contributed by atoms with E-state index in [-0.39, 0.29) is 6.04 Å². The monoisotopic (exact) mass is 407 g/mol. The minimum Gasteiger partial charge on any atom is -0.497 e. The van der Waals surface area contributed by atoms with Gasteiger partial charge in [-0.1, -0.05) is 35.9 Å². The number of aromatic nitrogens is 1. The maximum atomic E-state index is 6.40. The number of hydrogen-bond donors (Lipinski definition) is 1. The zero-order valence-electron chi connectivity index (χ0n) is 16.1. The van der Waals surface area contributed by atoms with Crippen molar-refractivity contribution in [3.8, 4) is 11.5 Å². The standard InChI is InChI=1S/C23H22ClN3O2/c1-28-19-7-4-8-20(13-19)29-16-18-15-27(23-10-3-2-9-21(23)24)26-22(18)12-17-6-5-11-25-14-17/h2-11,13-15,22,26H,12,16H2,1H3. The molecule has 1 aliphatic rings. The molecule has 0 bridgehead atoms. The smallest absolute Gasteiger partial charge is 0.123 e. The molecule has 1 aliphatic heterocycles. The van der Waals surface area contributed by atoms with Crippen LogP contribution < -0.4 is 19.9 Å². The van der Waals surface area contributed by atoms with E-state index in [0.29, 0.717) is 11.6 Å². The number of nitrogens with one attached hydrogen (secondary N) is 1. The molecular formula is C23H22ClN3O2. The number of anilines is 1. The average molecular weight is 408 g/mol. The SMILES string of the molecule is COc1cccc(OCC2=CN(c3ccccc3Cl)NC2Cc2cccnc2)c1. The first-order chi connectivity index (χ1) is 14.2. The van der Waals surface area contributed by atoms with E-state index in [9.17, 15) is 0 Å². The van der Waals surface area contributed by atoms with Crippen LogP contribution in [0.15, 0.2) is 84.8 Å². The lowest BCUT2D eigenvalue weighted by Crippen LogP contribution is -2.38. The van der Waals surface area contributed by atoms with Crippen LogP contribution in [0.1, 0.15) is 5.56 Å². The molecule has 3 aromatic rings. The summed E-state index contributed by atoms with van der Waals surface area (Å²) in [5.41, 5.74) is 6.71. The zero-order valence-corrected chi connectivity index (χ0v) is 16.8. The first kappa shape index (κ1) is 19.3. The van der Waals surface area contributed by atoms with Gasteiger partial charge in [-0.05, 0) is 42.3 Å². The third-order valence-corrected chi connectivity index (χ3v) is 5.08. The molecule has 0 radical (unpaired) electrons. The second-order valence-corrected chi connectivity index (χ2v) is 7.15. The molecule has 0 fully saturated rings. The predicted molar refractivity (Wildman–Crippen MR) is 115 cm³/mol. The Morgan fingerprint density at radius 1 is 1.07 bits per heavy atom. The Balaban J connectivity index is 1.54. The van der Waals surface area contributed by atoms with Gasteiger partial charge in [0.05, 0.1) is 23.9 Å². The van der Waals surface area contributed by atoms with Crippen LogP contribution >= 0.6 is 11.6 Å². The van der Waals surface area contributed by atoms with Crippen LogP contribution in [-0.2, 0) is 6.42 Å². The van der Waals surface area contributed by atoms with Crippen molar-refractivity contribution < 1.29 is 9.47 Å². The minimum absolute atomic E-state index is 0.0704. The van der Waals surface area contributed by atoms with Crippen LogP contribution in [-0.4, -0.2) is 24.7 Å². The highest BCUT2D eigenvalue weighted by Gasteiger charge is 2.26. The molecular weight excluding hydrogens is 386 g/mol. The Labute approximate surface area is 175 Å². The fraction of sp³-hybridized carbons (Fsp3) is 0.174. The number of ether oxygens (including phenoxy) is 2. The summed E-state index contributed by atoms with van der Waals surface area (Å²) >= 11 is 6.40. The first-order valence-corrected chi connectivity index (χ1v) is 9.77. The van der Waals surface area contributed by atoms with Crippen molar-refractivity contribution in [3.63, 3.8) is 0 Å². The Bertz CT molecular complexity index is 994. The lowest BCUT2D eigenvalue weighted by molar-refractivity contribution is 0.337.